The smallest absolute Gasteiger partial charge is 0.119 e. The van der Waals surface area contributed by atoms with Crippen LogP contribution < -0.4 is 0 Å². The van der Waals surface area contributed by atoms with Gasteiger partial charge in [-0.1, -0.05) is 38.7 Å². The Morgan fingerprint density at radius 3 is 2.80 bits per heavy atom. The number of carbonyl (C=O) groups excluding carboxylic acids is 1. The van der Waals surface area contributed by atoms with Crippen LogP contribution in [0, 0.1) is 0 Å². The Kier molecular flexibility index (Phi) is 0.886. The summed E-state index contributed by atoms with van der Waals surface area (Å²) in [4.78, 5) is 11.1. The summed E-state index contributed by atoms with van der Waals surface area (Å²) in [7, 11) is 0. The van der Waals surface area contributed by atoms with Gasteiger partial charge < -0.3 is 4.79 Å². The number of rotatable bonds is 7. The Morgan fingerprint density at radius 2 is 2.10 bits per heavy atom. The maximum atomic E-state index is 11.1. The molecule has 1 nitrogen and oxygen atoms in total. The fraction of sp³-hybridized carbons (Fsp3) is 0.889. The average molecular weight is 160 g/mol. The molecule has 1 heteroatoms. The minimum Gasteiger partial charge on any atom is -0.303 e. The SMILES string of the molecule is [2H]C(=O)C([2H])([2H])C([2H])([2H])C([2H])([2H])C([2H])([2H])C([2H])([2H])C([2H])([2H])C([2H])([2H])C([2H])([2H])[2H]. The number of hydrogen-bond donors (Lipinski definition) is 0. The van der Waals surface area contributed by atoms with E-state index in [9.17, 15) is 4.79 Å². The molecule has 0 amide bonds. The number of carbonyl (C=O) groups is 1. The minimum absolute atomic E-state index is 2.31. The molecule has 0 saturated carbocycles. The van der Waals surface area contributed by atoms with Gasteiger partial charge in [0.15, 0.2) is 0 Å². The molecule has 0 spiro atoms. The topological polar surface area (TPSA) is 17.1 Å². The van der Waals surface area contributed by atoms with E-state index in [1.807, 2.05) is 0 Å². The van der Waals surface area contributed by atoms with Crippen LogP contribution in [0.3, 0.4) is 0 Å². The largest absolute Gasteiger partial charge is 0.303 e. The van der Waals surface area contributed by atoms with E-state index in [2.05, 4.69) is 0 Å². The van der Waals surface area contributed by atoms with E-state index in [1.165, 1.54) is 0 Å². The summed E-state index contributed by atoms with van der Waals surface area (Å²) >= 11 is 0. The average Bonchev–Trinajstić information content (AvgIpc) is 2.44. The molecule has 0 unspecified atom stereocenters. The summed E-state index contributed by atoms with van der Waals surface area (Å²) in [6, 6.07) is 0. The molecular formula is C9H18O. The Labute approximate surface area is 89.1 Å². The van der Waals surface area contributed by atoms with Gasteiger partial charge in [0, 0.05) is 29.7 Å². The summed E-state index contributed by atoms with van der Waals surface area (Å²) in [5.74, 6) is 0. The van der Waals surface area contributed by atoms with Crippen molar-refractivity contribution < 1.29 is 29.5 Å². The van der Waals surface area contributed by atoms with Crippen molar-refractivity contribution in [3.63, 3.8) is 0 Å². The van der Waals surface area contributed by atoms with Crippen LogP contribution >= 0.6 is 0 Å². The third-order valence-electron chi connectivity index (χ3n) is 0.426. The third-order valence-corrected chi connectivity index (χ3v) is 0.426. The van der Waals surface area contributed by atoms with Crippen molar-refractivity contribution >= 4 is 6.26 Å². The van der Waals surface area contributed by atoms with Crippen molar-refractivity contribution in [3.8, 4) is 0 Å². The Hall–Kier alpha value is -0.330. The lowest BCUT2D eigenvalue weighted by atomic mass is 10.1. The standard InChI is InChI=1S/C9H18O/c1-2-3-4-5-6-7-8-9-10/h9H,2-8H2,1H3/i1D3,2D2,3D2,4D2,5D2,6D2,7D2,8D2,9D. The van der Waals surface area contributed by atoms with Gasteiger partial charge >= 0.3 is 0 Å². The highest BCUT2D eigenvalue weighted by atomic mass is 16.1. The highest BCUT2D eigenvalue weighted by molar-refractivity contribution is 5.48. The van der Waals surface area contributed by atoms with Crippen molar-refractivity contribution in [2.75, 3.05) is 0 Å². The van der Waals surface area contributed by atoms with Crippen LogP contribution in [-0.2, 0) is 4.79 Å². The molecule has 0 fully saturated rings. The molecule has 0 atom stereocenters. The maximum Gasteiger partial charge on any atom is 0.119 e. The van der Waals surface area contributed by atoms with Crippen molar-refractivity contribution in [2.24, 2.45) is 0 Å². The first-order chi connectivity index (χ1) is 11.7. The first kappa shape index (κ1) is 1.02. The van der Waals surface area contributed by atoms with Crippen molar-refractivity contribution in [3.05, 3.63) is 0 Å². The molecule has 0 aromatic heterocycles. The number of aldehydes is 1. The van der Waals surface area contributed by atoms with Crippen LogP contribution in [0.15, 0.2) is 0 Å². The van der Waals surface area contributed by atoms with Crippen LogP contribution in [0.25, 0.3) is 0 Å². The first-order valence-corrected chi connectivity index (χ1v) is 2.20. The van der Waals surface area contributed by atoms with Crippen LogP contribution in [0.5, 0.6) is 0 Å². The number of hydrogen-bond acceptors (Lipinski definition) is 1. The van der Waals surface area contributed by atoms with E-state index in [-0.39, 0.29) is 0 Å². The zero-order valence-electron chi connectivity index (χ0n) is 22.9. The summed E-state index contributed by atoms with van der Waals surface area (Å²) in [6.07, 6.45) is -32.1. The van der Waals surface area contributed by atoms with Crippen molar-refractivity contribution in [2.45, 2.75) is 51.5 Å². The lowest BCUT2D eigenvalue weighted by Gasteiger charge is -1.95. The maximum absolute atomic E-state index is 11.1. The molecule has 0 aromatic carbocycles. The van der Waals surface area contributed by atoms with Gasteiger partial charge in [-0.05, 0) is 6.37 Å². The van der Waals surface area contributed by atoms with Gasteiger partial charge in [-0.3, -0.25) is 0 Å². The molecule has 0 aliphatic rings. The highest BCUT2D eigenvalue weighted by Crippen LogP contribution is 2.05. The molecule has 0 aliphatic carbocycles. The van der Waals surface area contributed by atoms with Gasteiger partial charge in [-0.15, -0.1) is 0 Å². The summed E-state index contributed by atoms with van der Waals surface area (Å²) < 4.78 is 134. The molecule has 0 radical (unpaired) electrons. The zero-order chi connectivity index (χ0) is 23.6. The molecule has 10 heavy (non-hydrogen) atoms. The third kappa shape index (κ3) is 7.67. The summed E-state index contributed by atoms with van der Waals surface area (Å²) in [6.45, 7) is -3.84. The van der Waals surface area contributed by atoms with Gasteiger partial charge in [0.1, 0.15) is 7.63 Å². The Balaban J connectivity index is 6.76. The van der Waals surface area contributed by atoms with Crippen LogP contribution in [0.2, 0.25) is 0 Å². The van der Waals surface area contributed by atoms with Gasteiger partial charge in [0.05, 0.1) is 0 Å². The van der Waals surface area contributed by atoms with Crippen LogP contribution in [0.1, 0.15) is 76.1 Å². The lowest BCUT2D eigenvalue weighted by Crippen LogP contribution is -1.79. The van der Waals surface area contributed by atoms with E-state index in [1.54, 1.807) is 0 Å². The second-order valence-electron chi connectivity index (χ2n) is 0.977. The molecule has 0 aliphatic heterocycles. The molecule has 0 heterocycles. The Bertz CT molecular complexity index is 611. The van der Waals surface area contributed by atoms with Crippen molar-refractivity contribution in [1.82, 2.24) is 0 Å². The van der Waals surface area contributed by atoms with Gasteiger partial charge in [-0.25, -0.2) is 0 Å². The van der Waals surface area contributed by atoms with Crippen LogP contribution in [0.4, 0.5) is 0 Å². The fourth-order valence-corrected chi connectivity index (χ4v) is 0.182. The second kappa shape index (κ2) is 8.67. The molecule has 0 rings (SSSR count). The quantitative estimate of drug-likeness (QED) is 0.523. The van der Waals surface area contributed by atoms with Crippen molar-refractivity contribution in [1.29, 1.82) is 0 Å². The second-order valence-corrected chi connectivity index (χ2v) is 0.977. The van der Waals surface area contributed by atoms with E-state index < -0.39 is 57.7 Å². The lowest BCUT2D eigenvalue weighted by molar-refractivity contribution is -0.107. The molecule has 0 bridgehead atoms. The van der Waals surface area contributed by atoms with Gasteiger partial charge in [-0.2, -0.15) is 0 Å². The monoisotopic (exact) mass is 160 g/mol. The zero-order valence-corrected chi connectivity index (χ0v) is 4.91. The predicted molar refractivity (Wildman–Crippen MR) is 44.1 cm³/mol. The van der Waals surface area contributed by atoms with Crippen LogP contribution in [-0.4, -0.2) is 6.26 Å². The molecule has 0 aromatic rings. The van der Waals surface area contributed by atoms with Gasteiger partial charge in [0.25, 0.3) is 0 Å². The highest BCUT2D eigenvalue weighted by Gasteiger charge is 1.87. The summed E-state index contributed by atoms with van der Waals surface area (Å²) in [5, 5.41) is 0. The fourth-order valence-electron chi connectivity index (χ4n) is 0.182. The minimum atomic E-state index is -4.42. The molecular weight excluding hydrogens is 124 g/mol. The van der Waals surface area contributed by atoms with E-state index in [0.29, 0.717) is 0 Å². The van der Waals surface area contributed by atoms with E-state index in [4.69, 9.17) is 24.7 Å². The van der Waals surface area contributed by atoms with Gasteiger partial charge in [0.2, 0.25) is 0 Å². The first-order valence-electron chi connectivity index (χ1n) is 11.2. The summed E-state index contributed by atoms with van der Waals surface area (Å²) in [5.41, 5.74) is 0. The Morgan fingerprint density at radius 1 is 1.40 bits per heavy atom. The molecule has 60 valence electrons. The predicted octanol–water partition coefficient (Wildman–Crippen LogP) is 2.94. The van der Waals surface area contributed by atoms with E-state index >= 15 is 0 Å². The molecule has 0 saturated heterocycles. The molecule has 0 N–H and O–H groups in total. The normalized spacial score (nSPS) is 47.6. The van der Waals surface area contributed by atoms with E-state index in [0.717, 1.165) is 0 Å².